The van der Waals surface area contributed by atoms with Crippen molar-refractivity contribution in [3.8, 4) is 0 Å². The summed E-state index contributed by atoms with van der Waals surface area (Å²) in [5.74, 6) is -0.173. The molecule has 0 aliphatic rings. The van der Waals surface area contributed by atoms with Gasteiger partial charge in [-0.15, -0.1) is 0 Å². The maximum atomic E-state index is 13.0. The summed E-state index contributed by atoms with van der Waals surface area (Å²) >= 11 is 0. The molecule has 0 unspecified atom stereocenters. The Hall–Kier alpha value is -2.93. The van der Waals surface area contributed by atoms with Gasteiger partial charge >= 0.3 is 0 Å². The van der Waals surface area contributed by atoms with Crippen molar-refractivity contribution in [2.45, 2.75) is 38.0 Å². The monoisotopic (exact) mass is 412 g/mol. The molecule has 3 rings (SSSR count). The Labute approximate surface area is 170 Å². The third kappa shape index (κ3) is 4.92. The molecule has 1 heterocycles. The van der Waals surface area contributed by atoms with E-state index < -0.39 is 10.0 Å². The molecule has 0 radical (unpaired) electrons. The van der Waals surface area contributed by atoms with Crippen LogP contribution in [0.4, 0.5) is 0 Å². The first-order valence-corrected chi connectivity index (χ1v) is 10.9. The first-order chi connectivity index (χ1) is 13.8. The third-order valence-corrected chi connectivity index (χ3v) is 6.44. The Bertz CT molecular complexity index is 1150. The number of carbonyl (C=O) groups excluding carboxylic acids is 2. The molecule has 29 heavy (non-hydrogen) atoms. The average Bonchev–Trinajstić information content (AvgIpc) is 3.11. The van der Waals surface area contributed by atoms with Crippen molar-refractivity contribution in [2.24, 2.45) is 0 Å². The van der Waals surface area contributed by atoms with Crippen molar-refractivity contribution >= 4 is 32.6 Å². The predicted octanol–water partition coefficient (Wildman–Crippen LogP) is 3.21. The van der Waals surface area contributed by atoms with E-state index in [1.54, 1.807) is 36.5 Å². The summed E-state index contributed by atoms with van der Waals surface area (Å²) in [4.78, 5) is 22.9. The lowest BCUT2D eigenvalue weighted by atomic mass is 10.1. The normalized spacial score (nSPS) is 11.5. The molecule has 0 atom stereocenters. The standard InChI is InChI=1S/C22H24N2O4S/c1-16-3-8-20(9-4-16)29(27,28)24-14-12-19-7-6-18(15-21(19)24)11-13-23-22(26)10-5-17(2)25/h3-4,6-9,12,14-15H,5,10-11,13H2,1-2H3,(H,23,26). The third-order valence-electron chi connectivity index (χ3n) is 4.74. The highest BCUT2D eigenvalue weighted by atomic mass is 32.2. The second-order valence-corrected chi connectivity index (χ2v) is 8.94. The molecule has 0 saturated carbocycles. The van der Waals surface area contributed by atoms with Crippen LogP contribution < -0.4 is 5.32 Å². The number of ketones is 1. The molecule has 1 aromatic heterocycles. The Balaban J connectivity index is 1.77. The van der Waals surface area contributed by atoms with Gasteiger partial charge in [-0.3, -0.25) is 4.79 Å². The van der Waals surface area contributed by atoms with Gasteiger partial charge in [0.25, 0.3) is 10.0 Å². The minimum Gasteiger partial charge on any atom is -0.356 e. The molecule has 152 valence electrons. The van der Waals surface area contributed by atoms with Crippen molar-refractivity contribution < 1.29 is 18.0 Å². The molecular weight excluding hydrogens is 388 g/mol. The lowest BCUT2D eigenvalue weighted by Crippen LogP contribution is -2.25. The highest BCUT2D eigenvalue weighted by Gasteiger charge is 2.18. The molecule has 3 aromatic rings. The number of fused-ring (bicyclic) bond motifs is 1. The topological polar surface area (TPSA) is 85.2 Å². The molecular formula is C22H24N2O4S. The second kappa shape index (κ2) is 8.61. The van der Waals surface area contributed by atoms with Crippen molar-refractivity contribution in [3.05, 3.63) is 65.9 Å². The molecule has 1 N–H and O–H groups in total. The number of benzene rings is 2. The molecule has 1 amide bonds. The van der Waals surface area contributed by atoms with E-state index in [-0.39, 0.29) is 29.4 Å². The van der Waals surface area contributed by atoms with Gasteiger partial charge in [-0.2, -0.15) is 0 Å². The summed E-state index contributed by atoms with van der Waals surface area (Å²) < 4.78 is 27.4. The summed E-state index contributed by atoms with van der Waals surface area (Å²) in [6.45, 7) is 3.79. The minimum atomic E-state index is -3.69. The summed E-state index contributed by atoms with van der Waals surface area (Å²) in [6, 6.07) is 14.2. The first kappa shape index (κ1) is 20.8. The fourth-order valence-electron chi connectivity index (χ4n) is 3.06. The van der Waals surface area contributed by atoms with Gasteiger partial charge in [-0.1, -0.05) is 29.8 Å². The largest absolute Gasteiger partial charge is 0.356 e. The van der Waals surface area contributed by atoms with Gasteiger partial charge in [0.15, 0.2) is 0 Å². The van der Waals surface area contributed by atoms with E-state index in [9.17, 15) is 18.0 Å². The molecule has 2 aromatic carbocycles. The van der Waals surface area contributed by atoms with E-state index >= 15 is 0 Å². The molecule has 0 bridgehead atoms. The molecule has 0 spiro atoms. The van der Waals surface area contributed by atoms with Crippen LogP contribution in [-0.4, -0.2) is 30.6 Å². The predicted molar refractivity (Wildman–Crippen MR) is 112 cm³/mol. The molecule has 0 aliphatic heterocycles. The highest BCUT2D eigenvalue weighted by Crippen LogP contribution is 2.23. The number of hydrogen-bond donors (Lipinski definition) is 1. The Kier molecular flexibility index (Phi) is 6.17. The molecule has 7 heteroatoms. The van der Waals surface area contributed by atoms with Gasteiger partial charge < -0.3 is 10.1 Å². The SMILES string of the molecule is CC(=O)CCC(=O)NCCc1ccc2ccn(S(=O)(=O)c3ccc(C)cc3)c2c1. The molecule has 0 fully saturated rings. The van der Waals surface area contributed by atoms with E-state index in [1.807, 2.05) is 25.1 Å². The van der Waals surface area contributed by atoms with Crippen LogP contribution in [-0.2, 0) is 26.0 Å². The van der Waals surface area contributed by atoms with Crippen LogP contribution in [0.25, 0.3) is 10.9 Å². The fraction of sp³-hybridized carbons (Fsp3) is 0.273. The maximum absolute atomic E-state index is 13.0. The van der Waals surface area contributed by atoms with Crippen molar-refractivity contribution in [2.75, 3.05) is 6.54 Å². The summed E-state index contributed by atoms with van der Waals surface area (Å²) in [7, 11) is -3.69. The number of rotatable bonds is 8. The highest BCUT2D eigenvalue weighted by molar-refractivity contribution is 7.90. The lowest BCUT2D eigenvalue weighted by Gasteiger charge is -2.09. The zero-order valence-corrected chi connectivity index (χ0v) is 17.3. The average molecular weight is 413 g/mol. The van der Waals surface area contributed by atoms with Gasteiger partial charge in [0.05, 0.1) is 10.4 Å². The first-order valence-electron chi connectivity index (χ1n) is 9.46. The molecule has 6 nitrogen and oxygen atoms in total. The number of aromatic nitrogens is 1. The van der Waals surface area contributed by atoms with Crippen LogP contribution in [0, 0.1) is 6.92 Å². The quantitative estimate of drug-likeness (QED) is 0.616. The number of nitrogens with one attached hydrogen (secondary N) is 1. The number of carbonyl (C=O) groups is 2. The zero-order valence-electron chi connectivity index (χ0n) is 16.5. The second-order valence-electron chi connectivity index (χ2n) is 7.12. The van der Waals surface area contributed by atoms with Gasteiger partial charge in [-0.05, 0) is 50.1 Å². The number of amides is 1. The van der Waals surface area contributed by atoms with Crippen molar-refractivity contribution in [1.29, 1.82) is 0 Å². The van der Waals surface area contributed by atoms with Crippen LogP contribution in [0.1, 0.15) is 30.9 Å². The van der Waals surface area contributed by atoms with Crippen LogP contribution in [0.2, 0.25) is 0 Å². The van der Waals surface area contributed by atoms with Crippen LogP contribution in [0.3, 0.4) is 0 Å². The maximum Gasteiger partial charge on any atom is 0.268 e. The summed E-state index contributed by atoms with van der Waals surface area (Å²) in [5, 5.41) is 3.62. The van der Waals surface area contributed by atoms with E-state index in [4.69, 9.17) is 0 Å². The lowest BCUT2D eigenvalue weighted by molar-refractivity contribution is -0.124. The van der Waals surface area contributed by atoms with Crippen LogP contribution in [0.5, 0.6) is 0 Å². The minimum absolute atomic E-state index is 0.0128. The van der Waals surface area contributed by atoms with E-state index in [0.29, 0.717) is 18.5 Å². The Morgan fingerprint density at radius 1 is 1.00 bits per heavy atom. The molecule has 0 saturated heterocycles. The number of Topliss-reactive ketones (excluding diaryl/α,β-unsaturated/α-hetero) is 1. The summed E-state index contributed by atoms with van der Waals surface area (Å²) in [5.41, 5.74) is 2.52. The van der Waals surface area contributed by atoms with Crippen molar-refractivity contribution in [1.82, 2.24) is 9.29 Å². The number of nitrogens with zero attached hydrogens (tertiary/aromatic N) is 1. The Morgan fingerprint density at radius 2 is 1.72 bits per heavy atom. The molecule has 0 aliphatic carbocycles. The van der Waals surface area contributed by atoms with Crippen LogP contribution in [0.15, 0.2) is 59.6 Å². The smallest absolute Gasteiger partial charge is 0.268 e. The van der Waals surface area contributed by atoms with Crippen LogP contribution >= 0.6 is 0 Å². The Morgan fingerprint density at radius 3 is 2.41 bits per heavy atom. The van der Waals surface area contributed by atoms with Gasteiger partial charge in [0.2, 0.25) is 5.91 Å². The summed E-state index contributed by atoms with van der Waals surface area (Å²) in [6.07, 6.45) is 2.55. The van der Waals surface area contributed by atoms with E-state index in [0.717, 1.165) is 16.5 Å². The van der Waals surface area contributed by atoms with E-state index in [1.165, 1.54) is 10.9 Å². The number of hydrogen-bond acceptors (Lipinski definition) is 4. The van der Waals surface area contributed by atoms with Gasteiger partial charge in [0, 0.05) is 31.0 Å². The van der Waals surface area contributed by atoms with Gasteiger partial charge in [-0.25, -0.2) is 12.4 Å². The van der Waals surface area contributed by atoms with Gasteiger partial charge in [0.1, 0.15) is 5.78 Å². The number of aryl methyl sites for hydroxylation is 1. The fourth-order valence-corrected chi connectivity index (χ4v) is 4.41. The van der Waals surface area contributed by atoms with E-state index in [2.05, 4.69) is 5.32 Å². The zero-order chi connectivity index (χ0) is 21.0. The van der Waals surface area contributed by atoms with Crippen molar-refractivity contribution in [3.63, 3.8) is 0 Å².